The Balaban J connectivity index is 2.02. The summed E-state index contributed by atoms with van der Waals surface area (Å²) in [5.41, 5.74) is 7.40. The summed E-state index contributed by atoms with van der Waals surface area (Å²) in [6.45, 7) is 8.70. The molecule has 2 heteroatoms. The quantitative estimate of drug-likeness (QED) is 0.394. The Morgan fingerprint density at radius 1 is 0.704 bits per heavy atom. The van der Waals surface area contributed by atoms with Crippen LogP contribution >= 0.6 is 0 Å². The molecule has 0 atom stereocenters. The maximum absolute atomic E-state index is 6.54. The number of hydrogen-bond donors (Lipinski definition) is 0. The minimum Gasteiger partial charge on any atom is -0.497 e. The van der Waals surface area contributed by atoms with Crippen LogP contribution in [0.1, 0.15) is 22.3 Å². The summed E-state index contributed by atoms with van der Waals surface area (Å²) < 4.78 is 11.8. The van der Waals surface area contributed by atoms with Gasteiger partial charge in [-0.1, -0.05) is 30.3 Å². The number of ether oxygens (including phenoxy) is 1. The van der Waals surface area contributed by atoms with E-state index < -0.39 is 0 Å². The number of fused-ring (bicyclic) bond motifs is 1. The van der Waals surface area contributed by atoms with Gasteiger partial charge < -0.3 is 9.15 Å². The average molecular weight is 356 g/mol. The van der Waals surface area contributed by atoms with Crippen molar-refractivity contribution in [2.24, 2.45) is 0 Å². The minimum atomic E-state index is 0.843. The molecule has 0 saturated heterocycles. The second-order valence-corrected chi connectivity index (χ2v) is 7.17. The molecule has 4 aromatic rings. The van der Waals surface area contributed by atoms with Crippen LogP contribution in [0.2, 0.25) is 0 Å². The predicted molar refractivity (Wildman–Crippen MR) is 113 cm³/mol. The lowest BCUT2D eigenvalue weighted by Crippen LogP contribution is -1.94. The van der Waals surface area contributed by atoms with Crippen LogP contribution in [0.15, 0.2) is 59.0 Å². The summed E-state index contributed by atoms with van der Waals surface area (Å²) in [7, 11) is 1.68. The highest BCUT2D eigenvalue weighted by Crippen LogP contribution is 2.42. The van der Waals surface area contributed by atoms with Crippen molar-refractivity contribution in [1.82, 2.24) is 0 Å². The van der Waals surface area contributed by atoms with Gasteiger partial charge in [-0.2, -0.15) is 0 Å². The largest absolute Gasteiger partial charge is 0.497 e. The number of furan rings is 1. The number of rotatable bonds is 3. The van der Waals surface area contributed by atoms with Gasteiger partial charge in [-0.15, -0.1) is 0 Å². The molecule has 0 bridgehead atoms. The fourth-order valence-electron chi connectivity index (χ4n) is 3.79. The lowest BCUT2D eigenvalue weighted by Gasteiger charge is -2.14. The third-order valence-electron chi connectivity index (χ3n) is 5.57. The molecule has 1 aromatic heterocycles. The van der Waals surface area contributed by atoms with Crippen molar-refractivity contribution < 1.29 is 9.15 Å². The van der Waals surface area contributed by atoms with Gasteiger partial charge in [0.2, 0.25) is 0 Å². The van der Waals surface area contributed by atoms with E-state index in [1.54, 1.807) is 7.11 Å². The number of hydrogen-bond acceptors (Lipinski definition) is 2. The fourth-order valence-corrected chi connectivity index (χ4v) is 3.79. The molecule has 0 aliphatic carbocycles. The van der Waals surface area contributed by atoms with Gasteiger partial charge in [0.25, 0.3) is 0 Å². The van der Waals surface area contributed by atoms with Crippen molar-refractivity contribution in [2.75, 3.05) is 7.11 Å². The predicted octanol–water partition coefficient (Wildman–Crippen LogP) is 7.01. The molecule has 3 aromatic carbocycles. The molecular formula is C25H24O2. The number of aryl methyl sites for hydroxylation is 2. The first kappa shape index (κ1) is 17.4. The molecule has 0 saturated carbocycles. The van der Waals surface area contributed by atoms with E-state index in [0.29, 0.717) is 0 Å². The van der Waals surface area contributed by atoms with E-state index in [1.807, 2.05) is 12.1 Å². The van der Waals surface area contributed by atoms with E-state index in [0.717, 1.165) is 33.6 Å². The Bertz CT molecular complexity index is 1110. The van der Waals surface area contributed by atoms with Gasteiger partial charge in [0.05, 0.1) is 7.11 Å². The van der Waals surface area contributed by atoms with Crippen molar-refractivity contribution in [3.8, 4) is 28.4 Å². The van der Waals surface area contributed by atoms with Gasteiger partial charge in [-0.05, 0) is 74.2 Å². The van der Waals surface area contributed by atoms with Crippen LogP contribution in [0.25, 0.3) is 33.4 Å². The van der Waals surface area contributed by atoms with Gasteiger partial charge >= 0.3 is 0 Å². The summed E-state index contributed by atoms with van der Waals surface area (Å²) >= 11 is 0. The Labute approximate surface area is 160 Å². The van der Waals surface area contributed by atoms with Crippen molar-refractivity contribution in [3.05, 3.63) is 76.9 Å². The number of benzene rings is 3. The van der Waals surface area contributed by atoms with Crippen LogP contribution < -0.4 is 4.74 Å². The van der Waals surface area contributed by atoms with Crippen molar-refractivity contribution in [3.63, 3.8) is 0 Å². The Kier molecular flexibility index (Phi) is 4.27. The first-order valence-corrected chi connectivity index (χ1v) is 9.25. The van der Waals surface area contributed by atoms with Crippen LogP contribution in [0.3, 0.4) is 0 Å². The molecule has 0 amide bonds. The lowest BCUT2D eigenvalue weighted by atomic mass is 9.91. The zero-order chi connectivity index (χ0) is 19.1. The third-order valence-corrected chi connectivity index (χ3v) is 5.57. The smallest absolute Gasteiger partial charge is 0.143 e. The monoisotopic (exact) mass is 356 g/mol. The first-order valence-electron chi connectivity index (χ1n) is 9.25. The van der Waals surface area contributed by atoms with E-state index in [9.17, 15) is 0 Å². The molecule has 0 aliphatic rings. The van der Waals surface area contributed by atoms with Crippen molar-refractivity contribution in [2.45, 2.75) is 27.7 Å². The van der Waals surface area contributed by atoms with Gasteiger partial charge in [0.1, 0.15) is 17.3 Å². The Hall–Kier alpha value is -3.00. The highest BCUT2D eigenvalue weighted by atomic mass is 16.5. The highest BCUT2D eigenvalue weighted by Gasteiger charge is 2.20. The molecule has 0 spiro atoms. The molecule has 0 radical (unpaired) electrons. The minimum absolute atomic E-state index is 0.843. The van der Waals surface area contributed by atoms with Gasteiger partial charge in [-0.3, -0.25) is 0 Å². The molecule has 1 heterocycles. The van der Waals surface area contributed by atoms with E-state index in [1.165, 1.54) is 27.8 Å². The van der Waals surface area contributed by atoms with E-state index >= 15 is 0 Å². The molecule has 4 rings (SSSR count). The molecule has 27 heavy (non-hydrogen) atoms. The molecule has 0 aliphatic heterocycles. The normalized spacial score (nSPS) is 11.1. The maximum atomic E-state index is 6.54. The summed E-state index contributed by atoms with van der Waals surface area (Å²) in [6, 6.07) is 18.7. The molecule has 0 unspecified atom stereocenters. The topological polar surface area (TPSA) is 22.4 Å². The summed E-state index contributed by atoms with van der Waals surface area (Å²) in [6.07, 6.45) is 0. The zero-order valence-electron chi connectivity index (χ0n) is 16.5. The highest BCUT2D eigenvalue weighted by molar-refractivity contribution is 6.03. The Morgan fingerprint density at radius 2 is 1.26 bits per heavy atom. The van der Waals surface area contributed by atoms with Crippen LogP contribution in [0.4, 0.5) is 0 Å². The van der Waals surface area contributed by atoms with Gasteiger partial charge in [0.15, 0.2) is 0 Å². The SMILES string of the molecule is COc1ccc(-c2oc(-c3c(C)c(C)cc(C)c3C)c3ccccc23)cc1. The Morgan fingerprint density at radius 3 is 1.81 bits per heavy atom. The van der Waals surface area contributed by atoms with Crippen LogP contribution in [-0.4, -0.2) is 7.11 Å². The van der Waals surface area contributed by atoms with Crippen LogP contribution in [-0.2, 0) is 0 Å². The molecule has 0 N–H and O–H groups in total. The van der Waals surface area contributed by atoms with Gasteiger partial charge in [0, 0.05) is 21.9 Å². The summed E-state index contributed by atoms with van der Waals surface area (Å²) in [5, 5.41) is 2.29. The fraction of sp³-hybridized carbons (Fsp3) is 0.200. The third kappa shape index (κ3) is 2.82. The molecule has 136 valence electrons. The van der Waals surface area contributed by atoms with E-state index in [2.05, 4.69) is 70.2 Å². The van der Waals surface area contributed by atoms with Crippen LogP contribution in [0, 0.1) is 27.7 Å². The lowest BCUT2D eigenvalue weighted by molar-refractivity contribution is 0.415. The van der Waals surface area contributed by atoms with E-state index in [-0.39, 0.29) is 0 Å². The van der Waals surface area contributed by atoms with Gasteiger partial charge in [-0.25, -0.2) is 0 Å². The second kappa shape index (κ2) is 6.62. The number of methoxy groups -OCH3 is 1. The van der Waals surface area contributed by atoms with Crippen molar-refractivity contribution >= 4 is 10.8 Å². The maximum Gasteiger partial charge on any atom is 0.143 e. The molecule has 0 fully saturated rings. The van der Waals surface area contributed by atoms with E-state index in [4.69, 9.17) is 9.15 Å². The standard InChI is InChI=1S/C25H24O2/c1-15-14-16(2)18(4)23(17(15)3)25-22-9-7-6-8-21(22)24(27-25)19-10-12-20(26-5)13-11-19/h6-14H,1-5H3. The first-order chi connectivity index (χ1) is 13.0. The zero-order valence-corrected chi connectivity index (χ0v) is 16.5. The molecule has 2 nitrogen and oxygen atoms in total. The molecular weight excluding hydrogens is 332 g/mol. The van der Waals surface area contributed by atoms with Crippen molar-refractivity contribution in [1.29, 1.82) is 0 Å². The van der Waals surface area contributed by atoms with Crippen LogP contribution in [0.5, 0.6) is 5.75 Å². The second-order valence-electron chi connectivity index (χ2n) is 7.17. The summed E-state index contributed by atoms with van der Waals surface area (Å²) in [5.74, 6) is 2.70. The average Bonchev–Trinajstić information content (AvgIpc) is 3.06. The summed E-state index contributed by atoms with van der Waals surface area (Å²) in [4.78, 5) is 0.